The van der Waals surface area contributed by atoms with Crippen LogP contribution in [-0.2, 0) is 9.53 Å². The second-order valence-corrected chi connectivity index (χ2v) is 4.88. The highest BCUT2D eigenvalue weighted by Crippen LogP contribution is 2.15. The summed E-state index contributed by atoms with van der Waals surface area (Å²) in [5.41, 5.74) is 2.38. The number of fused-ring (bicyclic) bond motifs is 1. The Morgan fingerprint density at radius 1 is 1.22 bits per heavy atom. The summed E-state index contributed by atoms with van der Waals surface area (Å²) in [7, 11) is 0. The van der Waals surface area contributed by atoms with Crippen LogP contribution in [0.4, 0.5) is 5.82 Å². The van der Waals surface area contributed by atoms with Crippen LogP contribution in [0.1, 0.15) is 15.9 Å². The molecule has 23 heavy (non-hydrogen) atoms. The number of amides is 1. The second kappa shape index (κ2) is 6.27. The Morgan fingerprint density at radius 2 is 2.09 bits per heavy atom. The van der Waals surface area contributed by atoms with Crippen molar-refractivity contribution in [3.63, 3.8) is 0 Å². The summed E-state index contributed by atoms with van der Waals surface area (Å²) in [6, 6.07) is 8.26. The smallest absolute Gasteiger partial charge is 0.338 e. The topological polar surface area (TPSA) is 94.3 Å². The zero-order valence-electron chi connectivity index (χ0n) is 12.3. The molecule has 0 saturated heterocycles. The third-order valence-electron chi connectivity index (χ3n) is 3.08. The van der Waals surface area contributed by atoms with Crippen molar-refractivity contribution in [1.29, 1.82) is 0 Å². The number of benzene rings is 1. The van der Waals surface area contributed by atoms with Gasteiger partial charge in [-0.05, 0) is 42.8 Å². The van der Waals surface area contributed by atoms with Gasteiger partial charge in [0.15, 0.2) is 18.6 Å². The Hall–Kier alpha value is -3.22. The molecule has 1 amide bonds. The first-order valence-electron chi connectivity index (χ1n) is 6.85. The Bertz CT molecular complexity index is 872. The van der Waals surface area contributed by atoms with Crippen LogP contribution in [-0.4, -0.2) is 28.5 Å². The van der Waals surface area contributed by atoms with Crippen molar-refractivity contribution in [2.24, 2.45) is 0 Å². The Balaban J connectivity index is 1.58. The first kappa shape index (κ1) is 14.7. The lowest BCUT2D eigenvalue weighted by Crippen LogP contribution is -2.21. The van der Waals surface area contributed by atoms with Gasteiger partial charge in [-0.1, -0.05) is 0 Å². The van der Waals surface area contributed by atoms with E-state index in [9.17, 15) is 9.59 Å². The number of anilines is 1. The third kappa shape index (κ3) is 3.52. The molecular weight excluding hydrogens is 298 g/mol. The maximum absolute atomic E-state index is 11.9. The van der Waals surface area contributed by atoms with E-state index in [4.69, 9.17) is 9.15 Å². The van der Waals surface area contributed by atoms with E-state index in [2.05, 4.69) is 15.3 Å². The van der Waals surface area contributed by atoms with Crippen molar-refractivity contribution in [1.82, 2.24) is 9.97 Å². The van der Waals surface area contributed by atoms with E-state index in [0.717, 1.165) is 5.56 Å². The molecule has 116 valence electrons. The molecule has 0 aliphatic carbocycles. The molecular formula is C16H13N3O4. The average Bonchev–Trinajstić information content (AvgIpc) is 3.00. The number of carbonyl (C=O) groups excluding carboxylic acids is 2. The Labute approximate surface area is 131 Å². The molecule has 0 spiro atoms. The van der Waals surface area contributed by atoms with Crippen LogP contribution in [0.5, 0.6) is 0 Å². The normalized spacial score (nSPS) is 10.5. The molecule has 1 aromatic carbocycles. The summed E-state index contributed by atoms with van der Waals surface area (Å²) >= 11 is 0. The van der Waals surface area contributed by atoms with E-state index >= 15 is 0 Å². The summed E-state index contributed by atoms with van der Waals surface area (Å²) in [6.45, 7) is 1.49. The summed E-state index contributed by atoms with van der Waals surface area (Å²) in [5.74, 6) is -0.665. The first-order chi connectivity index (χ1) is 11.1. The number of oxazole rings is 1. The maximum atomic E-state index is 11.9. The molecule has 2 aromatic heterocycles. The second-order valence-electron chi connectivity index (χ2n) is 4.88. The molecule has 0 radical (unpaired) electrons. The number of rotatable bonds is 4. The van der Waals surface area contributed by atoms with Crippen LogP contribution in [0, 0.1) is 6.92 Å². The van der Waals surface area contributed by atoms with Crippen molar-refractivity contribution in [2.75, 3.05) is 11.9 Å². The van der Waals surface area contributed by atoms with Gasteiger partial charge in [0.2, 0.25) is 0 Å². The van der Waals surface area contributed by atoms with Gasteiger partial charge in [-0.2, -0.15) is 0 Å². The molecule has 0 saturated carbocycles. The third-order valence-corrected chi connectivity index (χ3v) is 3.08. The number of pyridine rings is 1. The van der Waals surface area contributed by atoms with E-state index in [1.165, 1.54) is 12.5 Å². The summed E-state index contributed by atoms with van der Waals surface area (Å²) in [5, 5.41) is 2.56. The minimum Gasteiger partial charge on any atom is -0.452 e. The van der Waals surface area contributed by atoms with Gasteiger partial charge in [-0.3, -0.25) is 4.79 Å². The van der Waals surface area contributed by atoms with Gasteiger partial charge in [0.05, 0.1) is 5.56 Å². The highest BCUT2D eigenvalue weighted by atomic mass is 16.5. The lowest BCUT2D eigenvalue weighted by Gasteiger charge is -2.06. The van der Waals surface area contributed by atoms with E-state index in [0.29, 0.717) is 16.9 Å². The number of hydrogen-bond donors (Lipinski definition) is 1. The van der Waals surface area contributed by atoms with Crippen LogP contribution < -0.4 is 5.32 Å². The lowest BCUT2D eigenvalue weighted by molar-refractivity contribution is -0.119. The van der Waals surface area contributed by atoms with Crippen LogP contribution in [0.15, 0.2) is 47.3 Å². The predicted octanol–water partition coefficient (Wildman–Crippen LogP) is 2.33. The van der Waals surface area contributed by atoms with E-state index in [1.807, 2.05) is 13.0 Å². The molecule has 0 aliphatic rings. The predicted molar refractivity (Wildman–Crippen MR) is 81.9 cm³/mol. The van der Waals surface area contributed by atoms with Gasteiger partial charge >= 0.3 is 5.97 Å². The van der Waals surface area contributed by atoms with Crippen LogP contribution in [0.25, 0.3) is 11.1 Å². The number of carbonyl (C=O) groups is 2. The van der Waals surface area contributed by atoms with Gasteiger partial charge in [0.1, 0.15) is 11.3 Å². The fraction of sp³-hybridized carbons (Fsp3) is 0.125. The molecule has 7 heteroatoms. The number of nitrogens with zero attached hydrogens (tertiary/aromatic N) is 2. The number of ether oxygens (including phenoxy) is 1. The fourth-order valence-electron chi connectivity index (χ4n) is 1.98. The SMILES string of the molecule is Cc1ccnc(NC(=O)COC(=O)c2ccc3ncoc3c2)c1. The monoisotopic (exact) mass is 311 g/mol. The molecule has 1 N–H and O–H groups in total. The zero-order valence-corrected chi connectivity index (χ0v) is 12.3. The number of aromatic nitrogens is 2. The average molecular weight is 311 g/mol. The van der Waals surface area contributed by atoms with Gasteiger partial charge in [0.25, 0.3) is 5.91 Å². The Morgan fingerprint density at radius 3 is 2.91 bits per heavy atom. The van der Waals surface area contributed by atoms with Crippen molar-refractivity contribution in [3.8, 4) is 0 Å². The molecule has 3 rings (SSSR count). The summed E-state index contributed by atoms with van der Waals surface area (Å²) < 4.78 is 10.1. The highest BCUT2D eigenvalue weighted by Gasteiger charge is 2.12. The largest absolute Gasteiger partial charge is 0.452 e. The van der Waals surface area contributed by atoms with Crippen molar-refractivity contribution in [2.45, 2.75) is 6.92 Å². The van der Waals surface area contributed by atoms with Gasteiger partial charge in [-0.25, -0.2) is 14.8 Å². The molecule has 0 unspecified atom stereocenters. The van der Waals surface area contributed by atoms with E-state index < -0.39 is 18.5 Å². The minimum absolute atomic E-state index is 0.288. The maximum Gasteiger partial charge on any atom is 0.338 e. The van der Waals surface area contributed by atoms with Gasteiger partial charge in [0, 0.05) is 6.20 Å². The molecule has 7 nitrogen and oxygen atoms in total. The van der Waals surface area contributed by atoms with Crippen molar-refractivity contribution in [3.05, 3.63) is 54.0 Å². The molecule has 0 bridgehead atoms. The summed E-state index contributed by atoms with van der Waals surface area (Å²) in [6.07, 6.45) is 2.88. The fourth-order valence-corrected chi connectivity index (χ4v) is 1.98. The van der Waals surface area contributed by atoms with Crippen LogP contribution >= 0.6 is 0 Å². The molecule has 0 fully saturated rings. The molecule has 0 atom stereocenters. The van der Waals surface area contributed by atoms with Crippen LogP contribution in [0.2, 0.25) is 0 Å². The summed E-state index contributed by atoms with van der Waals surface area (Å²) in [4.78, 5) is 31.7. The first-order valence-corrected chi connectivity index (χ1v) is 6.85. The number of esters is 1. The standard InChI is InChI=1S/C16H13N3O4/c1-10-4-5-17-14(6-10)19-15(20)8-22-16(21)11-2-3-12-13(7-11)23-9-18-12/h2-7,9H,8H2,1H3,(H,17,19,20). The van der Waals surface area contributed by atoms with E-state index in [-0.39, 0.29) is 5.56 Å². The number of aryl methyl sites for hydroxylation is 1. The lowest BCUT2D eigenvalue weighted by atomic mass is 10.2. The number of nitrogens with one attached hydrogen (secondary N) is 1. The van der Waals surface area contributed by atoms with Crippen molar-refractivity contribution < 1.29 is 18.7 Å². The quantitative estimate of drug-likeness (QED) is 0.743. The number of hydrogen-bond acceptors (Lipinski definition) is 6. The molecule has 2 heterocycles. The molecule has 3 aromatic rings. The molecule has 0 aliphatic heterocycles. The Kier molecular flexibility index (Phi) is 4.01. The minimum atomic E-state index is -0.615. The van der Waals surface area contributed by atoms with E-state index in [1.54, 1.807) is 24.4 Å². The van der Waals surface area contributed by atoms with Gasteiger partial charge < -0.3 is 14.5 Å². The zero-order chi connectivity index (χ0) is 16.2. The highest BCUT2D eigenvalue weighted by molar-refractivity contribution is 5.96. The van der Waals surface area contributed by atoms with Crippen LogP contribution in [0.3, 0.4) is 0 Å². The van der Waals surface area contributed by atoms with Gasteiger partial charge in [-0.15, -0.1) is 0 Å². The van der Waals surface area contributed by atoms with Crippen molar-refractivity contribution >= 4 is 28.8 Å².